The van der Waals surface area contributed by atoms with E-state index in [1.165, 1.54) is 7.11 Å². The molecule has 4 heteroatoms. The molecule has 1 aliphatic carbocycles. The van der Waals surface area contributed by atoms with E-state index in [-0.39, 0.29) is 11.9 Å². The van der Waals surface area contributed by atoms with Crippen molar-refractivity contribution < 1.29 is 14.3 Å². The summed E-state index contributed by atoms with van der Waals surface area (Å²) in [6, 6.07) is 5.50. The Morgan fingerprint density at radius 3 is 2.65 bits per heavy atom. The second-order valence-corrected chi connectivity index (χ2v) is 4.58. The average molecular weight is 255 g/mol. The number of halogens is 1. The van der Waals surface area contributed by atoms with Crippen molar-refractivity contribution >= 4 is 17.6 Å². The van der Waals surface area contributed by atoms with Crippen molar-refractivity contribution in [1.29, 1.82) is 0 Å². The molecule has 1 saturated carbocycles. The van der Waals surface area contributed by atoms with E-state index < -0.39 is 0 Å². The number of rotatable bonds is 4. The van der Waals surface area contributed by atoms with Gasteiger partial charge in [0.15, 0.2) is 0 Å². The molecule has 0 bridgehead atoms. The molecule has 1 fully saturated rings. The fraction of sp³-hybridized carbons (Fsp3) is 0.462. The second-order valence-electron chi connectivity index (χ2n) is 4.20. The van der Waals surface area contributed by atoms with Crippen molar-refractivity contribution in [1.82, 2.24) is 0 Å². The molecule has 1 aromatic carbocycles. The molecular formula is C13H15ClO3. The Kier molecular flexibility index (Phi) is 3.57. The molecule has 17 heavy (non-hydrogen) atoms. The highest BCUT2D eigenvalue weighted by Crippen LogP contribution is 2.46. The molecule has 1 aliphatic rings. The first-order valence-electron chi connectivity index (χ1n) is 5.59. The molecule has 0 spiro atoms. The largest absolute Gasteiger partial charge is 0.495 e. The quantitative estimate of drug-likeness (QED) is 0.775. The van der Waals surface area contributed by atoms with Crippen LogP contribution in [0.25, 0.3) is 0 Å². The Hall–Kier alpha value is -1.22. The van der Waals surface area contributed by atoms with Gasteiger partial charge in [-0.1, -0.05) is 23.7 Å². The smallest absolute Gasteiger partial charge is 0.313 e. The molecule has 92 valence electrons. The standard InChI is InChI=1S/C13H15ClO3/c1-16-10-5-3-4-9(12(10)14)11(8-6-7-8)13(15)17-2/h3-5,8,11H,6-7H2,1-2H3. The fourth-order valence-electron chi connectivity index (χ4n) is 2.06. The van der Waals surface area contributed by atoms with Crippen molar-refractivity contribution in [2.45, 2.75) is 18.8 Å². The number of carbonyl (C=O) groups is 1. The van der Waals surface area contributed by atoms with E-state index >= 15 is 0 Å². The van der Waals surface area contributed by atoms with E-state index in [9.17, 15) is 4.79 Å². The molecule has 3 nitrogen and oxygen atoms in total. The lowest BCUT2D eigenvalue weighted by Gasteiger charge is -2.17. The first-order chi connectivity index (χ1) is 8.19. The zero-order valence-electron chi connectivity index (χ0n) is 9.90. The molecule has 1 aromatic rings. The first-order valence-corrected chi connectivity index (χ1v) is 5.97. The maximum atomic E-state index is 11.8. The molecule has 0 N–H and O–H groups in total. The highest BCUT2D eigenvalue weighted by atomic mass is 35.5. The topological polar surface area (TPSA) is 35.5 Å². The summed E-state index contributed by atoms with van der Waals surface area (Å²) in [5, 5.41) is 0.511. The maximum Gasteiger partial charge on any atom is 0.313 e. The van der Waals surface area contributed by atoms with Crippen LogP contribution in [0, 0.1) is 5.92 Å². The summed E-state index contributed by atoms with van der Waals surface area (Å²) in [5.74, 6) is 0.469. The maximum absolute atomic E-state index is 11.8. The van der Waals surface area contributed by atoms with Crippen LogP contribution in [0.3, 0.4) is 0 Å². The third kappa shape index (κ3) is 2.39. The van der Waals surface area contributed by atoms with Crippen molar-refractivity contribution in [2.75, 3.05) is 14.2 Å². The summed E-state index contributed by atoms with van der Waals surface area (Å²) >= 11 is 6.24. The molecule has 0 saturated heterocycles. The van der Waals surface area contributed by atoms with E-state index in [1.807, 2.05) is 12.1 Å². The van der Waals surface area contributed by atoms with Gasteiger partial charge in [0.25, 0.3) is 0 Å². The lowest BCUT2D eigenvalue weighted by molar-refractivity contribution is -0.143. The van der Waals surface area contributed by atoms with Gasteiger partial charge in [0.05, 0.1) is 25.2 Å². The van der Waals surface area contributed by atoms with Crippen molar-refractivity contribution in [3.05, 3.63) is 28.8 Å². The van der Waals surface area contributed by atoms with Gasteiger partial charge in [0.1, 0.15) is 5.75 Å². The van der Waals surface area contributed by atoms with E-state index in [0.29, 0.717) is 16.7 Å². The van der Waals surface area contributed by atoms with Crippen LogP contribution in [0.2, 0.25) is 5.02 Å². The Bertz CT molecular complexity index is 427. The minimum atomic E-state index is -0.261. The van der Waals surface area contributed by atoms with Gasteiger partial charge in [0, 0.05) is 0 Å². The monoisotopic (exact) mass is 254 g/mol. The molecule has 0 aliphatic heterocycles. The van der Waals surface area contributed by atoms with Crippen molar-refractivity contribution in [3.8, 4) is 5.75 Å². The minimum Gasteiger partial charge on any atom is -0.495 e. The highest BCUT2D eigenvalue weighted by molar-refractivity contribution is 6.33. The van der Waals surface area contributed by atoms with Crippen LogP contribution < -0.4 is 4.74 Å². The SMILES string of the molecule is COC(=O)C(c1cccc(OC)c1Cl)C1CC1. The summed E-state index contributed by atoms with van der Waals surface area (Å²) in [4.78, 5) is 11.8. The van der Waals surface area contributed by atoms with Gasteiger partial charge in [-0.05, 0) is 30.4 Å². The van der Waals surface area contributed by atoms with Crippen LogP contribution in [0.15, 0.2) is 18.2 Å². The first kappa shape index (κ1) is 12.2. The number of carbonyl (C=O) groups excluding carboxylic acids is 1. The molecule has 0 aromatic heterocycles. The van der Waals surface area contributed by atoms with E-state index in [1.54, 1.807) is 13.2 Å². The molecule has 1 atom stereocenters. The van der Waals surface area contributed by atoms with Crippen molar-refractivity contribution in [2.24, 2.45) is 5.92 Å². The number of ether oxygens (including phenoxy) is 2. The zero-order chi connectivity index (χ0) is 12.4. The summed E-state index contributed by atoms with van der Waals surface area (Å²) < 4.78 is 10.0. The lowest BCUT2D eigenvalue weighted by atomic mass is 9.94. The van der Waals surface area contributed by atoms with Gasteiger partial charge in [-0.15, -0.1) is 0 Å². The average Bonchev–Trinajstić information content (AvgIpc) is 3.16. The Morgan fingerprint density at radius 2 is 2.12 bits per heavy atom. The van der Waals surface area contributed by atoms with Gasteiger partial charge in [-0.2, -0.15) is 0 Å². The summed E-state index contributed by atoms with van der Waals surface area (Å²) in [7, 11) is 2.97. The van der Waals surface area contributed by atoms with Gasteiger partial charge < -0.3 is 9.47 Å². The number of esters is 1. The van der Waals surface area contributed by atoms with Gasteiger partial charge >= 0.3 is 5.97 Å². The number of hydrogen-bond donors (Lipinski definition) is 0. The van der Waals surface area contributed by atoms with Crippen LogP contribution in [0.4, 0.5) is 0 Å². The highest BCUT2D eigenvalue weighted by Gasteiger charge is 2.39. The summed E-state index contributed by atoms with van der Waals surface area (Å²) in [6.07, 6.45) is 2.10. The van der Waals surface area contributed by atoms with Crippen molar-refractivity contribution in [3.63, 3.8) is 0 Å². The van der Waals surface area contributed by atoms with Crippen LogP contribution in [-0.2, 0) is 9.53 Å². The Morgan fingerprint density at radius 1 is 1.41 bits per heavy atom. The second kappa shape index (κ2) is 4.96. The number of hydrogen-bond acceptors (Lipinski definition) is 3. The van der Waals surface area contributed by atoms with Crippen LogP contribution in [0.5, 0.6) is 5.75 Å². The lowest BCUT2D eigenvalue weighted by Crippen LogP contribution is -2.16. The van der Waals surface area contributed by atoms with Crippen LogP contribution in [0.1, 0.15) is 24.3 Å². The van der Waals surface area contributed by atoms with Crippen LogP contribution >= 0.6 is 11.6 Å². The Balaban J connectivity index is 2.39. The zero-order valence-corrected chi connectivity index (χ0v) is 10.7. The summed E-state index contributed by atoms with van der Waals surface area (Å²) in [6.45, 7) is 0. The van der Waals surface area contributed by atoms with Crippen LogP contribution in [-0.4, -0.2) is 20.2 Å². The minimum absolute atomic E-state index is 0.220. The van der Waals surface area contributed by atoms with Gasteiger partial charge in [-0.25, -0.2) is 0 Å². The molecular weight excluding hydrogens is 240 g/mol. The number of benzene rings is 1. The third-order valence-corrected chi connectivity index (χ3v) is 3.50. The third-order valence-electron chi connectivity index (χ3n) is 3.10. The molecule has 2 rings (SSSR count). The molecule has 0 heterocycles. The van der Waals surface area contributed by atoms with E-state index in [4.69, 9.17) is 21.1 Å². The van der Waals surface area contributed by atoms with Gasteiger partial charge in [0.2, 0.25) is 0 Å². The van der Waals surface area contributed by atoms with E-state index in [0.717, 1.165) is 18.4 Å². The normalized spacial score (nSPS) is 16.4. The fourth-order valence-corrected chi connectivity index (χ4v) is 2.38. The number of methoxy groups -OCH3 is 2. The molecule has 1 unspecified atom stereocenters. The molecule has 0 radical (unpaired) electrons. The van der Waals surface area contributed by atoms with Gasteiger partial charge in [-0.3, -0.25) is 4.79 Å². The summed E-state index contributed by atoms with van der Waals surface area (Å²) in [5.41, 5.74) is 0.806. The predicted octanol–water partition coefficient (Wildman–Crippen LogP) is 3.02. The molecule has 0 amide bonds. The van der Waals surface area contributed by atoms with E-state index in [2.05, 4.69) is 0 Å². The predicted molar refractivity (Wildman–Crippen MR) is 65.5 cm³/mol. The Labute approximate surface area is 106 Å².